The lowest BCUT2D eigenvalue weighted by Crippen LogP contribution is -2.43. The van der Waals surface area contributed by atoms with Gasteiger partial charge in [0.05, 0.1) is 12.5 Å². The second-order valence-corrected chi connectivity index (χ2v) is 4.70. The number of carboxylic acids is 1. The third kappa shape index (κ3) is 2.89. The zero-order valence-corrected chi connectivity index (χ0v) is 11.1. The third-order valence-electron chi connectivity index (χ3n) is 3.35. The lowest BCUT2D eigenvalue weighted by Gasteiger charge is -2.32. The average Bonchev–Trinajstić information content (AvgIpc) is 2.93. The van der Waals surface area contributed by atoms with Gasteiger partial charge in [0.25, 0.3) is 0 Å². The van der Waals surface area contributed by atoms with Crippen LogP contribution in [0.15, 0.2) is 30.9 Å². The quantitative estimate of drug-likeness (QED) is 0.864. The van der Waals surface area contributed by atoms with Gasteiger partial charge >= 0.3 is 5.97 Å². The molecule has 0 bridgehead atoms. The van der Waals surface area contributed by atoms with E-state index in [1.165, 1.54) is 19.6 Å². The Bertz CT molecular complexity index is 648. The van der Waals surface area contributed by atoms with Gasteiger partial charge in [-0.25, -0.2) is 18.4 Å². The standard InChI is InChI=1S/C13H13F2N3O3/c1-8(12(19)20)13(21,5-18-7-16-6-17-18)10-4-9(14)2-3-11(10)15/h2-4,6-8,21H,5H2,1H3,(H,19,20)/t8-,13+/m1/s1. The van der Waals surface area contributed by atoms with Crippen LogP contribution < -0.4 is 0 Å². The Morgan fingerprint density at radius 3 is 2.76 bits per heavy atom. The maximum Gasteiger partial charge on any atom is 0.309 e. The van der Waals surface area contributed by atoms with Crippen LogP contribution in [0.25, 0.3) is 0 Å². The highest BCUT2D eigenvalue weighted by atomic mass is 19.1. The van der Waals surface area contributed by atoms with Gasteiger partial charge in [0.1, 0.15) is 29.9 Å². The number of aliphatic hydroxyl groups is 1. The molecule has 2 rings (SSSR count). The van der Waals surface area contributed by atoms with Gasteiger partial charge < -0.3 is 10.2 Å². The van der Waals surface area contributed by atoms with Crippen LogP contribution in [-0.2, 0) is 16.9 Å². The molecule has 2 N–H and O–H groups in total. The van der Waals surface area contributed by atoms with Crippen molar-refractivity contribution in [3.05, 3.63) is 48.1 Å². The average molecular weight is 297 g/mol. The predicted molar refractivity (Wildman–Crippen MR) is 67.1 cm³/mol. The van der Waals surface area contributed by atoms with Crippen molar-refractivity contribution >= 4 is 5.97 Å². The molecule has 8 heteroatoms. The highest BCUT2D eigenvalue weighted by Gasteiger charge is 2.43. The second-order valence-electron chi connectivity index (χ2n) is 4.70. The summed E-state index contributed by atoms with van der Waals surface area (Å²) in [4.78, 5) is 14.9. The number of benzene rings is 1. The molecule has 0 aliphatic heterocycles. The van der Waals surface area contributed by atoms with Gasteiger partial charge in [0.2, 0.25) is 0 Å². The van der Waals surface area contributed by atoms with Crippen LogP contribution in [0.4, 0.5) is 8.78 Å². The SMILES string of the molecule is C[C@H](C(=O)O)[C@@](O)(Cn1cncn1)c1cc(F)ccc1F. The van der Waals surface area contributed by atoms with Crippen molar-refractivity contribution in [1.29, 1.82) is 0 Å². The lowest BCUT2D eigenvalue weighted by atomic mass is 9.81. The number of nitrogens with zero attached hydrogens (tertiary/aromatic N) is 3. The second kappa shape index (κ2) is 5.57. The van der Waals surface area contributed by atoms with Crippen LogP contribution in [0.5, 0.6) is 0 Å². The summed E-state index contributed by atoms with van der Waals surface area (Å²) in [5.74, 6) is -4.41. The minimum Gasteiger partial charge on any atom is -0.481 e. The fourth-order valence-electron chi connectivity index (χ4n) is 2.05. The molecule has 1 aromatic carbocycles. The van der Waals surface area contributed by atoms with Gasteiger partial charge in [0, 0.05) is 5.56 Å². The molecule has 1 heterocycles. The molecule has 0 unspecified atom stereocenters. The van der Waals surface area contributed by atoms with Crippen molar-refractivity contribution in [3.63, 3.8) is 0 Å². The number of rotatable bonds is 5. The summed E-state index contributed by atoms with van der Waals surface area (Å²) in [5, 5.41) is 23.6. The van der Waals surface area contributed by atoms with E-state index in [9.17, 15) is 18.7 Å². The first-order valence-corrected chi connectivity index (χ1v) is 6.07. The van der Waals surface area contributed by atoms with Gasteiger partial charge in [0.15, 0.2) is 0 Å². The van der Waals surface area contributed by atoms with E-state index in [0.29, 0.717) is 0 Å². The largest absolute Gasteiger partial charge is 0.481 e. The minimum absolute atomic E-state index is 0.374. The summed E-state index contributed by atoms with van der Waals surface area (Å²) in [6.07, 6.45) is 2.44. The topological polar surface area (TPSA) is 88.2 Å². The van der Waals surface area contributed by atoms with Crippen molar-refractivity contribution in [2.24, 2.45) is 5.92 Å². The number of carbonyl (C=O) groups is 1. The zero-order chi connectivity index (χ0) is 15.6. The maximum atomic E-state index is 14.0. The summed E-state index contributed by atoms with van der Waals surface area (Å²) in [7, 11) is 0. The Kier molecular flexibility index (Phi) is 3.99. The van der Waals surface area contributed by atoms with E-state index < -0.39 is 34.7 Å². The molecule has 0 saturated heterocycles. The van der Waals surface area contributed by atoms with E-state index in [1.807, 2.05) is 0 Å². The van der Waals surface area contributed by atoms with Gasteiger partial charge in [-0.1, -0.05) is 0 Å². The highest BCUT2D eigenvalue weighted by molar-refractivity contribution is 5.71. The first-order valence-electron chi connectivity index (χ1n) is 6.07. The number of hydrogen-bond acceptors (Lipinski definition) is 4. The van der Waals surface area contributed by atoms with Gasteiger partial charge in [-0.3, -0.25) is 4.79 Å². The normalized spacial score (nSPS) is 15.4. The Balaban J connectivity index is 2.54. The monoisotopic (exact) mass is 297 g/mol. The Morgan fingerprint density at radius 2 is 2.19 bits per heavy atom. The van der Waals surface area contributed by atoms with Crippen molar-refractivity contribution in [3.8, 4) is 0 Å². The smallest absolute Gasteiger partial charge is 0.309 e. The molecule has 112 valence electrons. The van der Waals surface area contributed by atoms with Crippen molar-refractivity contribution in [1.82, 2.24) is 14.8 Å². The number of halogens is 2. The van der Waals surface area contributed by atoms with Crippen LogP contribution in [0.1, 0.15) is 12.5 Å². The summed E-state index contributed by atoms with van der Waals surface area (Å²) >= 11 is 0. The van der Waals surface area contributed by atoms with E-state index >= 15 is 0 Å². The summed E-state index contributed by atoms with van der Waals surface area (Å²) in [6, 6.07) is 2.51. The molecule has 0 spiro atoms. The number of aliphatic carboxylic acids is 1. The molecule has 0 saturated carbocycles. The molecule has 1 aromatic heterocycles. The van der Waals surface area contributed by atoms with Gasteiger partial charge in [-0.15, -0.1) is 0 Å². The van der Waals surface area contributed by atoms with Crippen LogP contribution in [0.2, 0.25) is 0 Å². The van der Waals surface area contributed by atoms with E-state index in [-0.39, 0.29) is 6.54 Å². The number of aromatic nitrogens is 3. The maximum absolute atomic E-state index is 14.0. The summed E-state index contributed by atoms with van der Waals surface area (Å²) < 4.78 is 28.5. The van der Waals surface area contributed by atoms with E-state index in [2.05, 4.69) is 10.1 Å². The molecular formula is C13H13F2N3O3. The Morgan fingerprint density at radius 1 is 1.48 bits per heavy atom. The molecule has 6 nitrogen and oxygen atoms in total. The molecule has 0 amide bonds. The van der Waals surface area contributed by atoms with Gasteiger partial charge in [-0.2, -0.15) is 5.10 Å². The van der Waals surface area contributed by atoms with Crippen LogP contribution in [0, 0.1) is 17.6 Å². The van der Waals surface area contributed by atoms with Crippen LogP contribution >= 0.6 is 0 Å². The van der Waals surface area contributed by atoms with Crippen LogP contribution in [-0.4, -0.2) is 30.9 Å². The Hall–Kier alpha value is -2.35. The van der Waals surface area contributed by atoms with E-state index in [1.54, 1.807) is 0 Å². The van der Waals surface area contributed by atoms with Crippen molar-refractivity contribution in [2.45, 2.75) is 19.1 Å². The van der Waals surface area contributed by atoms with E-state index in [0.717, 1.165) is 22.9 Å². The molecule has 0 radical (unpaired) electrons. The van der Waals surface area contributed by atoms with Gasteiger partial charge in [-0.05, 0) is 25.1 Å². The molecule has 21 heavy (non-hydrogen) atoms. The molecule has 0 fully saturated rings. The summed E-state index contributed by atoms with van der Waals surface area (Å²) in [5.41, 5.74) is -2.61. The van der Waals surface area contributed by atoms with Crippen molar-refractivity contribution in [2.75, 3.05) is 0 Å². The predicted octanol–water partition coefficient (Wildman–Crippen LogP) is 1.16. The highest BCUT2D eigenvalue weighted by Crippen LogP contribution is 2.34. The molecule has 2 atom stereocenters. The first kappa shape index (κ1) is 15.0. The fourth-order valence-corrected chi connectivity index (χ4v) is 2.05. The zero-order valence-electron chi connectivity index (χ0n) is 11.1. The van der Waals surface area contributed by atoms with E-state index in [4.69, 9.17) is 5.11 Å². The lowest BCUT2D eigenvalue weighted by molar-refractivity contribution is -0.153. The Labute approximate surface area is 118 Å². The minimum atomic E-state index is -2.17. The first-order chi connectivity index (χ1) is 9.84. The van der Waals surface area contributed by atoms with Crippen LogP contribution in [0.3, 0.4) is 0 Å². The third-order valence-corrected chi connectivity index (χ3v) is 3.35. The van der Waals surface area contributed by atoms with Crippen molar-refractivity contribution < 1.29 is 23.8 Å². The number of hydrogen-bond donors (Lipinski definition) is 2. The molecule has 0 aliphatic rings. The summed E-state index contributed by atoms with van der Waals surface area (Å²) in [6.45, 7) is 0.838. The molecular weight excluding hydrogens is 284 g/mol. The molecule has 2 aromatic rings. The number of carboxylic acid groups (broad SMARTS) is 1. The molecule has 0 aliphatic carbocycles. The fraction of sp³-hybridized carbons (Fsp3) is 0.308.